The third kappa shape index (κ3) is 3.64. The Kier molecular flexibility index (Phi) is 4.86. The molecule has 1 atom stereocenters. The van der Waals surface area contributed by atoms with Crippen molar-refractivity contribution < 1.29 is 13.9 Å². The van der Waals surface area contributed by atoms with Crippen molar-refractivity contribution in [2.45, 2.75) is 13.0 Å². The summed E-state index contributed by atoms with van der Waals surface area (Å²) >= 11 is 1.32. The molecule has 2 N–H and O–H groups in total. The normalized spacial score (nSPS) is 12.3. The number of halogens is 1. The summed E-state index contributed by atoms with van der Waals surface area (Å²) in [6, 6.07) is 4.00. The van der Waals surface area contributed by atoms with Crippen molar-refractivity contribution in [3.8, 4) is 0 Å². The van der Waals surface area contributed by atoms with Crippen molar-refractivity contribution in [1.82, 2.24) is 10.3 Å². The molecule has 1 aromatic heterocycles. The number of nitrogens with one attached hydrogen (secondary N) is 2. The number of ether oxygens (including phenoxy) is 1. The van der Waals surface area contributed by atoms with Gasteiger partial charge < -0.3 is 15.4 Å². The number of amides is 1. The Hall–Kier alpha value is -1.73. The molecule has 1 aromatic carbocycles. The van der Waals surface area contributed by atoms with E-state index in [1.807, 2.05) is 0 Å². The van der Waals surface area contributed by atoms with E-state index in [0.29, 0.717) is 23.8 Å². The van der Waals surface area contributed by atoms with Crippen LogP contribution >= 0.6 is 11.3 Å². The van der Waals surface area contributed by atoms with Gasteiger partial charge in [0.1, 0.15) is 11.9 Å². The molecule has 0 spiro atoms. The first-order valence-electron chi connectivity index (χ1n) is 6.19. The minimum atomic E-state index is -0.419. The summed E-state index contributed by atoms with van der Waals surface area (Å²) in [4.78, 5) is 16.1. The lowest BCUT2D eigenvalue weighted by atomic mass is 10.3. The Bertz CT molecular complexity index is 602. The predicted molar refractivity (Wildman–Crippen MR) is 77.5 cm³/mol. The van der Waals surface area contributed by atoms with Crippen molar-refractivity contribution in [2.24, 2.45) is 0 Å². The summed E-state index contributed by atoms with van der Waals surface area (Å²) in [5.41, 5.74) is 0.714. The van der Waals surface area contributed by atoms with Crippen molar-refractivity contribution >= 4 is 32.6 Å². The Morgan fingerprint density at radius 3 is 3.10 bits per heavy atom. The lowest BCUT2D eigenvalue weighted by Crippen LogP contribution is -2.38. The number of carbonyl (C=O) groups is 1. The van der Waals surface area contributed by atoms with E-state index < -0.39 is 6.04 Å². The Morgan fingerprint density at radius 2 is 2.35 bits per heavy atom. The number of thiazole rings is 1. The van der Waals surface area contributed by atoms with Crippen LogP contribution in [-0.2, 0) is 9.53 Å². The molecule has 20 heavy (non-hydrogen) atoms. The molecule has 2 rings (SSSR count). The second-order valence-electron chi connectivity index (χ2n) is 4.28. The fraction of sp³-hybridized carbons (Fsp3) is 0.385. The zero-order valence-electron chi connectivity index (χ0n) is 11.3. The van der Waals surface area contributed by atoms with Crippen molar-refractivity contribution in [1.29, 1.82) is 0 Å². The minimum absolute atomic E-state index is 0.132. The average molecular weight is 297 g/mol. The van der Waals surface area contributed by atoms with Crippen LogP contribution in [0.3, 0.4) is 0 Å². The summed E-state index contributed by atoms with van der Waals surface area (Å²) in [7, 11) is 1.58. The van der Waals surface area contributed by atoms with E-state index in [4.69, 9.17) is 4.74 Å². The van der Waals surface area contributed by atoms with Gasteiger partial charge in [0.25, 0.3) is 0 Å². The molecule has 7 heteroatoms. The van der Waals surface area contributed by atoms with Crippen molar-refractivity contribution in [2.75, 3.05) is 25.6 Å². The number of benzene rings is 1. The van der Waals surface area contributed by atoms with Crippen LogP contribution in [0.5, 0.6) is 0 Å². The second-order valence-corrected chi connectivity index (χ2v) is 5.31. The van der Waals surface area contributed by atoms with Gasteiger partial charge in [-0.2, -0.15) is 0 Å². The van der Waals surface area contributed by atoms with Gasteiger partial charge in [-0.1, -0.05) is 11.3 Å². The van der Waals surface area contributed by atoms with Crippen LogP contribution in [0.2, 0.25) is 0 Å². The Labute approximate surface area is 120 Å². The summed E-state index contributed by atoms with van der Waals surface area (Å²) in [5.74, 6) is -0.425. The smallest absolute Gasteiger partial charge is 0.242 e. The highest BCUT2D eigenvalue weighted by Crippen LogP contribution is 2.26. The molecule has 0 saturated carbocycles. The average Bonchev–Trinajstić information content (AvgIpc) is 2.80. The highest BCUT2D eigenvalue weighted by molar-refractivity contribution is 7.22. The molecule has 0 bridgehead atoms. The van der Waals surface area contributed by atoms with E-state index in [1.54, 1.807) is 20.1 Å². The molecule has 1 amide bonds. The molecule has 108 valence electrons. The molecule has 5 nitrogen and oxygen atoms in total. The van der Waals surface area contributed by atoms with Crippen LogP contribution in [0.15, 0.2) is 18.2 Å². The molecule has 0 radical (unpaired) electrons. The maximum atomic E-state index is 13.1. The third-order valence-electron chi connectivity index (χ3n) is 2.69. The van der Waals surface area contributed by atoms with Crippen molar-refractivity contribution in [3.63, 3.8) is 0 Å². The topological polar surface area (TPSA) is 63.2 Å². The lowest BCUT2D eigenvalue weighted by molar-refractivity contribution is -0.121. The van der Waals surface area contributed by atoms with Crippen LogP contribution in [0, 0.1) is 5.82 Å². The molecule has 0 aliphatic rings. The first kappa shape index (κ1) is 14.7. The first-order valence-corrected chi connectivity index (χ1v) is 7.01. The van der Waals surface area contributed by atoms with E-state index in [-0.39, 0.29) is 11.7 Å². The fourth-order valence-electron chi connectivity index (χ4n) is 1.64. The molecule has 0 fully saturated rings. The van der Waals surface area contributed by atoms with Gasteiger partial charge in [0.15, 0.2) is 5.13 Å². The number of anilines is 1. The highest BCUT2D eigenvalue weighted by atomic mass is 32.1. The van der Waals surface area contributed by atoms with Gasteiger partial charge in [0, 0.05) is 13.7 Å². The van der Waals surface area contributed by atoms with Gasteiger partial charge in [-0.3, -0.25) is 4.79 Å². The number of fused-ring (bicyclic) bond motifs is 1. The number of aromatic nitrogens is 1. The number of hydrogen-bond donors (Lipinski definition) is 2. The number of nitrogens with zero attached hydrogens (tertiary/aromatic N) is 1. The molecular formula is C13H16FN3O2S. The summed E-state index contributed by atoms with van der Waals surface area (Å²) in [5, 5.41) is 6.34. The van der Waals surface area contributed by atoms with Gasteiger partial charge in [-0.15, -0.1) is 0 Å². The van der Waals surface area contributed by atoms with E-state index >= 15 is 0 Å². The van der Waals surface area contributed by atoms with Crippen LogP contribution in [-0.4, -0.2) is 37.2 Å². The van der Waals surface area contributed by atoms with Gasteiger partial charge in [0.2, 0.25) is 5.91 Å². The van der Waals surface area contributed by atoms with Crippen LogP contribution in [0.4, 0.5) is 9.52 Å². The van der Waals surface area contributed by atoms with Crippen LogP contribution < -0.4 is 10.6 Å². The SMILES string of the molecule is COCCNC(=O)C(C)Nc1nc2ccc(F)cc2s1. The standard InChI is InChI=1S/C13H16FN3O2S/c1-8(12(18)15-5-6-19-2)16-13-17-10-4-3-9(14)7-11(10)20-13/h3-4,7-8H,5-6H2,1-2H3,(H,15,18)(H,16,17). The molecule has 0 aliphatic carbocycles. The van der Waals surface area contributed by atoms with Gasteiger partial charge in [0.05, 0.1) is 16.8 Å². The van der Waals surface area contributed by atoms with E-state index in [2.05, 4.69) is 15.6 Å². The number of carbonyl (C=O) groups excluding carboxylic acids is 1. The maximum Gasteiger partial charge on any atom is 0.242 e. The van der Waals surface area contributed by atoms with Crippen LogP contribution in [0.25, 0.3) is 10.2 Å². The molecule has 0 saturated heterocycles. The minimum Gasteiger partial charge on any atom is -0.383 e. The number of rotatable bonds is 6. The molecule has 0 aliphatic heterocycles. The van der Waals surface area contributed by atoms with Gasteiger partial charge >= 0.3 is 0 Å². The summed E-state index contributed by atoms with van der Waals surface area (Å²) < 4.78 is 18.7. The quantitative estimate of drug-likeness (QED) is 0.801. The largest absolute Gasteiger partial charge is 0.383 e. The van der Waals surface area contributed by atoms with Gasteiger partial charge in [-0.25, -0.2) is 9.37 Å². The predicted octanol–water partition coefficient (Wildman–Crippen LogP) is 2.00. The Balaban J connectivity index is 1.98. The Morgan fingerprint density at radius 1 is 1.55 bits per heavy atom. The lowest BCUT2D eigenvalue weighted by Gasteiger charge is -2.12. The summed E-state index contributed by atoms with van der Waals surface area (Å²) in [6.45, 7) is 2.68. The monoisotopic (exact) mass is 297 g/mol. The zero-order chi connectivity index (χ0) is 14.5. The van der Waals surface area contributed by atoms with Crippen LogP contribution in [0.1, 0.15) is 6.92 Å². The molecular weight excluding hydrogens is 281 g/mol. The van der Waals surface area contributed by atoms with E-state index in [1.165, 1.54) is 23.5 Å². The van der Waals surface area contributed by atoms with Gasteiger partial charge in [-0.05, 0) is 25.1 Å². The zero-order valence-corrected chi connectivity index (χ0v) is 12.1. The van der Waals surface area contributed by atoms with Crippen molar-refractivity contribution in [3.05, 3.63) is 24.0 Å². The van der Waals surface area contributed by atoms with E-state index in [9.17, 15) is 9.18 Å². The highest BCUT2D eigenvalue weighted by Gasteiger charge is 2.14. The summed E-state index contributed by atoms with van der Waals surface area (Å²) in [6.07, 6.45) is 0. The van der Waals surface area contributed by atoms with E-state index in [0.717, 1.165) is 4.70 Å². The second kappa shape index (κ2) is 6.62. The maximum absolute atomic E-state index is 13.1. The third-order valence-corrected chi connectivity index (χ3v) is 3.64. The number of methoxy groups -OCH3 is 1. The molecule has 1 heterocycles. The molecule has 1 unspecified atom stereocenters. The molecule has 2 aromatic rings. The fourth-order valence-corrected chi connectivity index (χ4v) is 2.62. The first-order chi connectivity index (χ1) is 9.60. The number of hydrogen-bond acceptors (Lipinski definition) is 5.